The molecule has 3 unspecified atom stereocenters. The van der Waals surface area contributed by atoms with Gasteiger partial charge in [0.25, 0.3) is 0 Å². The molecule has 2 aromatic rings. The van der Waals surface area contributed by atoms with Crippen LogP contribution in [0.5, 0.6) is 0 Å². The van der Waals surface area contributed by atoms with Crippen LogP contribution in [0.2, 0.25) is 19.1 Å². The first-order valence-corrected chi connectivity index (χ1v) is 11.5. The highest BCUT2D eigenvalue weighted by atomic mass is 28.3. The molecule has 0 N–H and O–H groups in total. The Morgan fingerprint density at radius 2 is 1.55 bits per heavy atom. The van der Waals surface area contributed by atoms with Gasteiger partial charge in [-0.15, -0.1) is 0 Å². The lowest BCUT2D eigenvalue weighted by molar-refractivity contribution is 0.327. The molecule has 116 valence electrons. The fourth-order valence-corrected chi connectivity index (χ4v) is 6.10. The minimum Gasteiger partial charge on any atom is -0.370 e. The third-order valence-corrected chi connectivity index (χ3v) is 8.17. The van der Waals surface area contributed by atoms with Gasteiger partial charge < -0.3 is 4.74 Å². The number of hydrogen-bond donors (Lipinski definition) is 0. The summed E-state index contributed by atoms with van der Waals surface area (Å²) < 4.78 is 6.04. The lowest BCUT2D eigenvalue weighted by atomic mass is 9.97. The molecule has 1 nitrogen and oxygen atoms in total. The molecular formula is C20H26OSi. The van der Waals surface area contributed by atoms with Crippen molar-refractivity contribution in [3.8, 4) is 0 Å². The Labute approximate surface area is 135 Å². The van der Waals surface area contributed by atoms with Crippen LogP contribution in [-0.2, 0) is 11.2 Å². The Hall–Kier alpha value is -1.38. The van der Waals surface area contributed by atoms with Gasteiger partial charge in [0, 0.05) is 0 Å². The topological polar surface area (TPSA) is 12.5 Å². The third-order valence-electron chi connectivity index (χ3n) is 4.85. The molecule has 3 rings (SSSR count). The number of benzene rings is 2. The van der Waals surface area contributed by atoms with Crippen molar-refractivity contribution in [2.45, 2.75) is 44.7 Å². The predicted molar refractivity (Wildman–Crippen MR) is 96.3 cm³/mol. The molecule has 1 aliphatic heterocycles. The third kappa shape index (κ3) is 3.68. The second kappa shape index (κ2) is 6.39. The zero-order chi connectivity index (χ0) is 15.6. The van der Waals surface area contributed by atoms with Crippen LogP contribution in [0.25, 0.3) is 0 Å². The predicted octanol–water partition coefficient (Wildman–Crippen LogP) is 4.25. The highest BCUT2D eigenvalue weighted by Gasteiger charge is 2.46. The van der Waals surface area contributed by atoms with Crippen molar-refractivity contribution in [2.24, 2.45) is 5.92 Å². The van der Waals surface area contributed by atoms with E-state index < -0.39 is 8.07 Å². The average molecular weight is 311 g/mol. The van der Waals surface area contributed by atoms with E-state index in [2.05, 4.69) is 80.7 Å². The van der Waals surface area contributed by atoms with Crippen LogP contribution in [0.4, 0.5) is 0 Å². The van der Waals surface area contributed by atoms with Crippen LogP contribution in [0, 0.1) is 5.92 Å². The zero-order valence-corrected chi connectivity index (χ0v) is 14.8. The monoisotopic (exact) mass is 310 g/mol. The van der Waals surface area contributed by atoms with Gasteiger partial charge in [-0.05, 0) is 23.9 Å². The lowest BCUT2D eigenvalue weighted by Gasteiger charge is -2.22. The Balaban J connectivity index is 1.56. The summed E-state index contributed by atoms with van der Waals surface area (Å²) in [4.78, 5) is 0. The Bertz CT molecular complexity index is 594. The molecule has 2 heteroatoms. The van der Waals surface area contributed by atoms with E-state index in [9.17, 15) is 0 Å². The van der Waals surface area contributed by atoms with Crippen LogP contribution < -0.4 is 5.19 Å². The first-order valence-electron chi connectivity index (χ1n) is 8.31. The van der Waals surface area contributed by atoms with Crippen LogP contribution in [0.3, 0.4) is 0 Å². The number of ether oxygens (including phenoxy) is 1. The zero-order valence-electron chi connectivity index (χ0n) is 13.8. The fraction of sp³-hybridized carbons (Fsp3) is 0.400. The second-order valence-corrected chi connectivity index (χ2v) is 12.0. The molecule has 0 bridgehead atoms. The molecule has 0 aromatic heterocycles. The van der Waals surface area contributed by atoms with E-state index in [0.717, 1.165) is 6.42 Å². The summed E-state index contributed by atoms with van der Waals surface area (Å²) in [5.74, 6) is 0.605. The molecule has 0 spiro atoms. The lowest BCUT2D eigenvalue weighted by Crippen LogP contribution is -2.42. The molecule has 0 aliphatic carbocycles. The molecule has 1 saturated heterocycles. The first kappa shape index (κ1) is 15.5. The minimum absolute atomic E-state index is 0.454. The van der Waals surface area contributed by atoms with Crippen molar-refractivity contribution in [3.05, 3.63) is 66.2 Å². The molecule has 22 heavy (non-hydrogen) atoms. The number of rotatable bonds is 6. The summed E-state index contributed by atoms with van der Waals surface area (Å²) in [6, 6.07) is 23.0. The molecule has 2 aromatic carbocycles. The maximum atomic E-state index is 6.04. The van der Waals surface area contributed by atoms with Gasteiger partial charge in [0.1, 0.15) is 0 Å². The van der Waals surface area contributed by atoms with Gasteiger partial charge in [-0.2, -0.15) is 0 Å². The van der Waals surface area contributed by atoms with Crippen LogP contribution in [0.15, 0.2) is 60.7 Å². The van der Waals surface area contributed by atoms with Gasteiger partial charge in [-0.3, -0.25) is 0 Å². The summed E-state index contributed by atoms with van der Waals surface area (Å²) >= 11 is 0. The minimum atomic E-state index is -1.38. The van der Waals surface area contributed by atoms with Gasteiger partial charge >= 0.3 is 0 Å². The summed E-state index contributed by atoms with van der Waals surface area (Å²) in [5, 5.41) is 1.54. The maximum absolute atomic E-state index is 6.04. The van der Waals surface area contributed by atoms with E-state index in [-0.39, 0.29) is 0 Å². The highest BCUT2D eigenvalue weighted by Crippen LogP contribution is 2.36. The second-order valence-electron chi connectivity index (χ2n) is 7.26. The average Bonchev–Trinajstić information content (AvgIpc) is 3.28. The Morgan fingerprint density at radius 3 is 2.18 bits per heavy atom. The summed E-state index contributed by atoms with van der Waals surface area (Å²) in [5.41, 5.74) is 1.42. The van der Waals surface area contributed by atoms with Crippen molar-refractivity contribution in [1.29, 1.82) is 0 Å². The van der Waals surface area contributed by atoms with E-state index in [1.54, 1.807) is 5.19 Å². The molecule has 0 radical (unpaired) electrons. The molecule has 1 fully saturated rings. The SMILES string of the molecule is CC(Cc1ccccc1)C1OC1C[Si](C)(C)c1ccccc1. The van der Waals surface area contributed by atoms with Gasteiger partial charge in [0.05, 0.1) is 20.3 Å². The van der Waals surface area contributed by atoms with E-state index in [1.165, 1.54) is 11.6 Å². The highest BCUT2D eigenvalue weighted by molar-refractivity contribution is 6.89. The van der Waals surface area contributed by atoms with Crippen molar-refractivity contribution >= 4 is 13.3 Å². The van der Waals surface area contributed by atoms with Gasteiger partial charge in [0.15, 0.2) is 0 Å². The molecule has 1 aliphatic rings. The van der Waals surface area contributed by atoms with Crippen LogP contribution >= 0.6 is 0 Å². The van der Waals surface area contributed by atoms with Crippen LogP contribution in [0.1, 0.15) is 12.5 Å². The molecule has 0 saturated carbocycles. The Kier molecular flexibility index (Phi) is 4.51. The summed E-state index contributed by atoms with van der Waals surface area (Å²) in [6.45, 7) is 7.25. The number of epoxide rings is 1. The summed E-state index contributed by atoms with van der Waals surface area (Å²) in [7, 11) is -1.38. The van der Waals surface area contributed by atoms with E-state index in [0.29, 0.717) is 18.1 Å². The smallest absolute Gasteiger partial charge is 0.0867 e. The molecule has 1 heterocycles. The first-order chi connectivity index (χ1) is 10.6. The van der Waals surface area contributed by atoms with E-state index in [1.807, 2.05) is 0 Å². The Morgan fingerprint density at radius 1 is 0.955 bits per heavy atom. The van der Waals surface area contributed by atoms with Crippen LogP contribution in [-0.4, -0.2) is 20.3 Å². The van der Waals surface area contributed by atoms with Gasteiger partial charge in [-0.1, -0.05) is 85.9 Å². The maximum Gasteiger partial charge on any atom is 0.0867 e. The molecule has 0 amide bonds. The van der Waals surface area contributed by atoms with Crippen molar-refractivity contribution < 1.29 is 4.74 Å². The quantitative estimate of drug-likeness (QED) is 0.574. The molecule has 3 atom stereocenters. The largest absolute Gasteiger partial charge is 0.370 e. The van der Waals surface area contributed by atoms with E-state index in [4.69, 9.17) is 4.74 Å². The van der Waals surface area contributed by atoms with E-state index >= 15 is 0 Å². The standard InChI is InChI=1S/C20H26OSi/c1-16(14-17-10-6-4-7-11-17)20-19(21-20)15-22(2,3)18-12-8-5-9-13-18/h4-13,16,19-20H,14-15H2,1-3H3. The van der Waals surface area contributed by atoms with Gasteiger partial charge in [-0.25, -0.2) is 0 Å². The summed E-state index contributed by atoms with van der Waals surface area (Å²) in [6.07, 6.45) is 2.05. The molecular weight excluding hydrogens is 284 g/mol. The van der Waals surface area contributed by atoms with Crippen molar-refractivity contribution in [3.63, 3.8) is 0 Å². The van der Waals surface area contributed by atoms with Gasteiger partial charge in [0.2, 0.25) is 0 Å². The number of hydrogen-bond acceptors (Lipinski definition) is 1. The fourth-order valence-electron chi connectivity index (χ4n) is 3.43. The normalized spacial score (nSPS) is 22.3. The van der Waals surface area contributed by atoms with Crippen molar-refractivity contribution in [2.75, 3.05) is 0 Å². The van der Waals surface area contributed by atoms with Crippen molar-refractivity contribution in [1.82, 2.24) is 0 Å².